The molecule has 90 valence electrons. The molecular formula is C15H12BrNO. The van der Waals surface area contributed by atoms with Gasteiger partial charge in [0.25, 0.3) is 0 Å². The van der Waals surface area contributed by atoms with E-state index >= 15 is 0 Å². The Morgan fingerprint density at radius 1 is 1.06 bits per heavy atom. The fraction of sp³-hybridized carbons (Fsp3) is 0.133. The second kappa shape index (κ2) is 5.24. The molecule has 2 aromatic carbocycles. The van der Waals surface area contributed by atoms with Crippen LogP contribution in [0.5, 0.6) is 11.5 Å². The number of nitriles is 1. The van der Waals surface area contributed by atoms with Crippen LogP contribution in [-0.4, -0.2) is 0 Å². The third-order valence-electron chi connectivity index (χ3n) is 2.61. The second-order valence-corrected chi connectivity index (χ2v) is 5.04. The van der Waals surface area contributed by atoms with Gasteiger partial charge in [-0.2, -0.15) is 5.26 Å². The van der Waals surface area contributed by atoms with Crippen LogP contribution in [0.25, 0.3) is 0 Å². The number of rotatable bonds is 2. The van der Waals surface area contributed by atoms with Crippen LogP contribution in [0.15, 0.2) is 40.9 Å². The third kappa shape index (κ3) is 2.72. The molecule has 0 bridgehead atoms. The van der Waals surface area contributed by atoms with E-state index in [0.717, 1.165) is 21.3 Å². The summed E-state index contributed by atoms with van der Waals surface area (Å²) < 4.78 is 6.81. The van der Waals surface area contributed by atoms with Gasteiger partial charge < -0.3 is 4.74 Å². The van der Waals surface area contributed by atoms with Crippen molar-refractivity contribution in [2.75, 3.05) is 0 Å². The lowest BCUT2D eigenvalue weighted by Crippen LogP contribution is -1.91. The van der Waals surface area contributed by atoms with Gasteiger partial charge in [0.15, 0.2) is 0 Å². The van der Waals surface area contributed by atoms with E-state index in [2.05, 4.69) is 22.0 Å². The Balaban J connectivity index is 2.37. The highest BCUT2D eigenvalue weighted by Gasteiger charge is 2.07. The molecule has 0 N–H and O–H groups in total. The fourth-order valence-corrected chi connectivity index (χ4v) is 2.14. The molecule has 0 atom stereocenters. The molecular weight excluding hydrogens is 290 g/mol. The van der Waals surface area contributed by atoms with Gasteiger partial charge in [-0.3, -0.25) is 0 Å². The zero-order valence-electron chi connectivity index (χ0n) is 10.2. The van der Waals surface area contributed by atoms with Gasteiger partial charge in [-0.1, -0.05) is 22.0 Å². The number of nitrogens with zero attached hydrogens (tertiary/aromatic N) is 1. The molecule has 3 heteroatoms. The smallest absolute Gasteiger partial charge is 0.145 e. The number of benzene rings is 2. The summed E-state index contributed by atoms with van der Waals surface area (Å²) in [7, 11) is 0. The van der Waals surface area contributed by atoms with E-state index in [1.54, 1.807) is 0 Å². The normalized spacial score (nSPS) is 9.89. The highest BCUT2D eigenvalue weighted by molar-refractivity contribution is 9.10. The van der Waals surface area contributed by atoms with Gasteiger partial charge in [0.05, 0.1) is 5.56 Å². The molecule has 2 aromatic rings. The molecule has 2 rings (SSSR count). The van der Waals surface area contributed by atoms with Crippen molar-refractivity contribution >= 4 is 15.9 Å². The number of hydrogen-bond donors (Lipinski definition) is 0. The molecule has 0 fully saturated rings. The molecule has 0 unspecified atom stereocenters. The van der Waals surface area contributed by atoms with Crippen molar-refractivity contribution in [1.82, 2.24) is 0 Å². The van der Waals surface area contributed by atoms with Crippen molar-refractivity contribution < 1.29 is 4.74 Å². The van der Waals surface area contributed by atoms with Gasteiger partial charge in [-0.15, -0.1) is 0 Å². The van der Waals surface area contributed by atoms with Crippen LogP contribution in [0.2, 0.25) is 0 Å². The number of hydrogen-bond acceptors (Lipinski definition) is 2. The van der Waals surface area contributed by atoms with Crippen molar-refractivity contribution in [1.29, 1.82) is 5.26 Å². The van der Waals surface area contributed by atoms with Gasteiger partial charge in [0, 0.05) is 4.47 Å². The molecule has 0 aliphatic heterocycles. The summed E-state index contributed by atoms with van der Waals surface area (Å²) in [5.74, 6) is 1.35. The molecule has 0 aliphatic carbocycles. The summed E-state index contributed by atoms with van der Waals surface area (Å²) in [5, 5.41) is 9.10. The van der Waals surface area contributed by atoms with Crippen LogP contribution in [0, 0.1) is 25.2 Å². The summed E-state index contributed by atoms with van der Waals surface area (Å²) in [4.78, 5) is 0. The van der Waals surface area contributed by atoms with E-state index in [-0.39, 0.29) is 0 Å². The maximum atomic E-state index is 9.10. The largest absolute Gasteiger partial charge is 0.456 e. The van der Waals surface area contributed by atoms with E-state index in [9.17, 15) is 0 Å². The molecule has 0 amide bonds. The highest BCUT2D eigenvalue weighted by Crippen LogP contribution is 2.29. The zero-order valence-corrected chi connectivity index (χ0v) is 11.8. The minimum atomic E-state index is 0.553. The standard InChI is InChI=1S/C15H12BrNO/c1-10-3-5-15(12(7-10)9-17)18-14-6-4-13(16)8-11(14)2/h3-8H,1-2H3. The summed E-state index contributed by atoms with van der Waals surface area (Å²) in [6.45, 7) is 3.93. The zero-order chi connectivity index (χ0) is 13.1. The third-order valence-corrected chi connectivity index (χ3v) is 3.11. The summed E-state index contributed by atoms with van der Waals surface area (Å²) in [5.41, 5.74) is 2.62. The molecule has 0 radical (unpaired) electrons. The molecule has 2 nitrogen and oxygen atoms in total. The average Bonchev–Trinajstić information content (AvgIpc) is 2.34. The molecule has 0 heterocycles. The van der Waals surface area contributed by atoms with E-state index in [0.29, 0.717) is 11.3 Å². The van der Waals surface area contributed by atoms with Gasteiger partial charge in [-0.05, 0) is 55.3 Å². The van der Waals surface area contributed by atoms with Crippen molar-refractivity contribution in [3.63, 3.8) is 0 Å². The fourth-order valence-electron chi connectivity index (χ4n) is 1.67. The van der Waals surface area contributed by atoms with Crippen LogP contribution >= 0.6 is 15.9 Å². The van der Waals surface area contributed by atoms with Crippen LogP contribution < -0.4 is 4.74 Å². The van der Waals surface area contributed by atoms with Crippen LogP contribution in [0.1, 0.15) is 16.7 Å². The van der Waals surface area contributed by atoms with Crippen molar-refractivity contribution in [3.05, 3.63) is 57.6 Å². The van der Waals surface area contributed by atoms with Crippen LogP contribution in [0.4, 0.5) is 0 Å². The Hall–Kier alpha value is -1.79. The lowest BCUT2D eigenvalue weighted by Gasteiger charge is -2.10. The van der Waals surface area contributed by atoms with Crippen molar-refractivity contribution in [3.8, 4) is 17.6 Å². The van der Waals surface area contributed by atoms with Gasteiger partial charge in [0.1, 0.15) is 17.6 Å². The summed E-state index contributed by atoms with van der Waals surface area (Å²) >= 11 is 3.41. The quantitative estimate of drug-likeness (QED) is 0.803. The monoisotopic (exact) mass is 301 g/mol. The number of halogens is 1. The second-order valence-electron chi connectivity index (χ2n) is 4.12. The molecule has 0 aliphatic rings. The van der Waals surface area contributed by atoms with Gasteiger partial charge >= 0.3 is 0 Å². The SMILES string of the molecule is Cc1ccc(Oc2ccc(Br)cc2C)c(C#N)c1. The number of ether oxygens (including phenoxy) is 1. The molecule has 0 saturated heterocycles. The van der Waals surface area contributed by atoms with Gasteiger partial charge in [0.2, 0.25) is 0 Å². The minimum absolute atomic E-state index is 0.553. The van der Waals surface area contributed by atoms with E-state index < -0.39 is 0 Å². The number of aryl methyl sites for hydroxylation is 2. The summed E-state index contributed by atoms with van der Waals surface area (Å²) in [6.07, 6.45) is 0. The Morgan fingerprint density at radius 3 is 2.44 bits per heavy atom. The molecule has 18 heavy (non-hydrogen) atoms. The summed E-state index contributed by atoms with van der Waals surface area (Å²) in [6, 6.07) is 13.5. The van der Waals surface area contributed by atoms with Gasteiger partial charge in [-0.25, -0.2) is 0 Å². The van der Waals surface area contributed by atoms with Crippen molar-refractivity contribution in [2.24, 2.45) is 0 Å². The maximum absolute atomic E-state index is 9.10. The molecule has 0 spiro atoms. The first-order valence-corrected chi connectivity index (χ1v) is 6.34. The first-order valence-electron chi connectivity index (χ1n) is 5.55. The van der Waals surface area contributed by atoms with Crippen molar-refractivity contribution in [2.45, 2.75) is 13.8 Å². The predicted molar refractivity (Wildman–Crippen MR) is 74.8 cm³/mol. The topological polar surface area (TPSA) is 33.0 Å². The lowest BCUT2D eigenvalue weighted by molar-refractivity contribution is 0.477. The molecule has 0 aromatic heterocycles. The minimum Gasteiger partial charge on any atom is -0.456 e. The van der Waals surface area contributed by atoms with Crippen LogP contribution in [0.3, 0.4) is 0 Å². The van der Waals surface area contributed by atoms with E-state index in [1.165, 1.54) is 0 Å². The first kappa shape index (κ1) is 12.7. The lowest BCUT2D eigenvalue weighted by atomic mass is 10.1. The highest BCUT2D eigenvalue weighted by atomic mass is 79.9. The Labute approximate surface area is 115 Å². The maximum Gasteiger partial charge on any atom is 0.145 e. The average molecular weight is 302 g/mol. The van der Waals surface area contributed by atoms with Crippen LogP contribution in [-0.2, 0) is 0 Å². The van der Waals surface area contributed by atoms with E-state index in [1.807, 2.05) is 50.2 Å². The Morgan fingerprint density at radius 2 is 1.78 bits per heavy atom. The predicted octanol–water partition coefficient (Wildman–Crippen LogP) is 4.73. The van der Waals surface area contributed by atoms with E-state index in [4.69, 9.17) is 10.00 Å². The Kier molecular flexibility index (Phi) is 3.69. The Bertz CT molecular complexity index is 629. The molecule has 0 saturated carbocycles. The first-order chi connectivity index (χ1) is 8.60.